The molecule has 0 aromatic rings. The summed E-state index contributed by atoms with van der Waals surface area (Å²) in [7, 11) is 0. The predicted octanol–water partition coefficient (Wildman–Crippen LogP) is 4.48. The molecule has 4 aliphatic carbocycles. The van der Waals surface area contributed by atoms with Crippen LogP contribution in [0.15, 0.2) is 11.6 Å². The smallest absolute Gasteiger partial charge is 0.302 e. The Balaban J connectivity index is 1.57. The van der Waals surface area contributed by atoms with E-state index < -0.39 is 11.4 Å². The van der Waals surface area contributed by atoms with Crippen LogP contribution in [0.4, 0.5) is 0 Å². The fraction of sp³-hybridized carbons (Fsp3) is 0.885. The van der Waals surface area contributed by atoms with E-state index in [0.717, 1.165) is 38.5 Å². The van der Waals surface area contributed by atoms with Crippen molar-refractivity contribution in [2.75, 3.05) is 13.2 Å². The van der Waals surface area contributed by atoms with E-state index in [9.17, 15) is 9.90 Å². The van der Waals surface area contributed by atoms with Crippen molar-refractivity contribution in [1.29, 1.82) is 0 Å². The number of esters is 1. The lowest BCUT2D eigenvalue weighted by molar-refractivity contribution is -0.250. The topological polar surface area (TPSA) is 65.0 Å². The maximum Gasteiger partial charge on any atom is 0.302 e. The third-order valence-electron chi connectivity index (χ3n) is 10.2. The molecule has 0 aromatic heterocycles. The van der Waals surface area contributed by atoms with Crippen LogP contribution in [0, 0.1) is 40.9 Å². The van der Waals surface area contributed by atoms with Gasteiger partial charge in [-0.15, -0.1) is 0 Å². The standard InChI is InChI=1S/C26H40O5/c1-15-13-25(28)8-6-19-20(12-22(25)17(3)16(15)2)23(31-18(4)27)14-24(5)21(19)7-9-26(24)29-10-11-30-26/h12,15-17,19-21,23,28H,6-11,13-14H2,1-5H3/t15-,16-,17+,19?,20?,21+,23+,24?,25?/m1/s1. The zero-order valence-corrected chi connectivity index (χ0v) is 19.9. The molecule has 1 spiro atoms. The van der Waals surface area contributed by atoms with Gasteiger partial charge in [-0.05, 0) is 67.3 Å². The highest BCUT2D eigenvalue weighted by atomic mass is 16.7. The number of hydrogen-bond donors (Lipinski definition) is 1. The van der Waals surface area contributed by atoms with Crippen molar-refractivity contribution in [1.82, 2.24) is 0 Å². The van der Waals surface area contributed by atoms with E-state index in [1.165, 1.54) is 12.5 Å². The summed E-state index contributed by atoms with van der Waals surface area (Å²) in [6.45, 7) is 12.0. The molecule has 4 fully saturated rings. The highest BCUT2D eigenvalue weighted by Gasteiger charge is 2.67. The summed E-state index contributed by atoms with van der Waals surface area (Å²) in [5, 5.41) is 11.8. The Labute approximate surface area is 186 Å². The van der Waals surface area contributed by atoms with Gasteiger partial charge in [-0.2, -0.15) is 0 Å². The minimum Gasteiger partial charge on any atom is -0.462 e. The maximum absolute atomic E-state index is 12.1. The van der Waals surface area contributed by atoms with Crippen LogP contribution in [0.2, 0.25) is 0 Å². The maximum atomic E-state index is 12.1. The number of carbonyl (C=O) groups is 1. The van der Waals surface area contributed by atoms with Gasteiger partial charge in [0.15, 0.2) is 5.79 Å². The molecule has 9 atom stereocenters. The van der Waals surface area contributed by atoms with Crippen LogP contribution in [0.3, 0.4) is 0 Å². The molecule has 0 bridgehead atoms. The Hall–Kier alpha value is -0.910. The minimum atomic E-state index is -0.726. The quantitative estimate of drug-likeness (QED) is 0.489. The highest BCUT2D eigenvalue weighted by Crippen LogP contribution is 2.66. The summed E-state index contributed by atoms with van der Waals surface area (Å²) in [6, 6.07) is 0. The van der Waals surface area contributed by atoms with Gasteiger partial charge in [-0.3, -0.25) is 4.79 Å². The molecule has 5 aliphatic rings. The first-order valence-corrected chi connectivity index (χ1v) is 12.5. The Morgan fingerprint density at radius 2 is 1.84 bits per heavy atom. The monoisotopic (exact) mass is 432 g/mol. The zero-order valence-electron chi connectivity index (χ0n) is 19.9. The summed E-state index contributed by atoms with van der Waals surface area (Å²) in [5.74, 6) is 1.60. The summed E-state index contributed by atoms with van der Waals surface area (Å²) < 4.78 is 18.6. The number of fused-ring (bicyclic) bond motifs is 5. The molecular weight excluding hydrogens is 392 g/mol. The van der Waals surface area contributed by atoms with Gasteiger partial charge in [0.2, 0.25) is 0 Å². The van der Waals surface area contributed by atoms with Gasteiger partial charge in [-0.25, -0.2) is 0 Å². The molecular formula is C26H40O5. The normalized spacial score (nSPS) is 50.8. The van der Waals surface area contributed by atoms with Crippen LogP contribution in [0.25, 0.3) is 0 Å². The second-order valence-corrected chi connectivity index (χ2v) is 11.6. The van der Waals surface area contributed by atoms with E-state index in [2.05, 4.69) is 33.8 Å². The fourth-order valence-corrected chi connectivity index (χ4v) is 8.41. The van der Waals surface area contributed by atoms with Crippen LogP contribution in [-0.4, -0.2) is 41.8 Å². The van der Waals surface area contributed by atoms with Gasteiger partial charge in [-0.1, -0.05) is 33.8 Å². The van der Waals surface area contributed by atoms with Crippen molar-refractivity contribution in [2.45, 2.75) is 90.6 Å². The van der Waals surface area contributed by atoms with Gasteiger partial charge < -0.3 is 19.3 Å². The van der Waals surface area contributed by atoms with E-state index in [4.69, 9.17) is 14.2 Å². The van der Waals surface area contributed by atoms with Crippen LogP contribution in [0.5, 0.6) is 0 Å². The number of ether oxygens (including phenoxy) is 3. The minimum absolute atomic E-state index is 0.158. The van der Waals surface area contributed by atoms with Crippen molar-refractivity contribution in [2.24, 2.45) is 40.9 Å². The van der Waals surface area contributed by atoms with Crippen molar-refractivity contribution in [3.63, 3.8) is 0 Å². The number of rotatable bonds is 1. The number of aliphatic hydroxyl groups is 1. The molecule has 3 saturated carbocycles. The SMILES string of the molecule is CC(=O)O[C@H]1CC2(C)[C@@H](CCC23OCCO3)C2CCC3(O)C[C@@H](C)[C@@H](C)[C@H](C)C3=CC21. The van der Waals surface area contributed by atoms with Crippen molar-refractivity contribution in [3.05, 3.63) is 11.6 Å². The number of hydrogen-bond acceptors (Lipinski definition) is 5. The molecule has 1 aliphatic heterocycles. The molecule has 5 heteroatoms. The average Bonchev–Trinajstić information content (AvgIpc) is 3.24. The molecule has 4 unspecified atom stereocenters. The van der Waals surface area contributed by atoms with Gasteiger partial charge in [0, 0.05) is 24.7 Å². The Morgan fingerprint density at radius 3 is 2.52 bits per heavy atom. The molecule has 1 N–H and O–H groups in total. The third kappa shape index (κ3) is 3.09. The molecule has 1 heterocycles. The average molecular weight is 433 g/mol. The second kappa shape index (κ2) is 7.30. The molecule has 174 valence electrons. The highest BCUT2D eigenvalue weighted by molar-refractivity contribution is 5.66. The lowest BCUT2D eigenvalue weighted by Crippen LogP contribution is -2.55. The largest absolute Gasteiger partial charge is 0.462 e. The molecule has 5 nitrogen and oxygen atoms in total. The van der Waals surface area contributed by atoms with Gasteiger partial charge in [0.25, 0.3) is 0 Å². The summed E-state index contributed by atoms with van der Waals surface area (Å²) in [6.07, 6.45) is 7.52. The van der Waals surface area contributed by atoms with Crippen molar-refractivity contribution in [3.8, 4) is 0 Å². The number of carbonyl (C=O) groups excluding carboxylic acids is 1. The van der Waals surface area contributed by atoms with Crippen LogP contribution < -0.4 is 0 Å². The van der Waals surface area contributed by atoms with Gasteiger partial charge >= 0.3 is 5.97 Å². The zero-order chi connectivity index (χ0) is 22.2. The van der Waals surface area contributed by atoms with Gasteiger partial charge in [0.05, 0.1) is 18.8 Å². The first kappa shape index (κ1) is 21.9. The Kier molecular flexibility index (Phi) is 5.16. The van der Waals surface area contributed by atoms with Crippen LogP contribution in [0.1, 0.15) is 73.1 Å². The van der Waals surface area contributed by atoms with Crippen LogP contribution in [-0.2, 0) is 19.0 Å². The molecule has 31 heavy (non-hydrogen) atoms. The van der Waals surface area contributed by atoms with E-state index in [1.807, 2.05) is 0 Å². The summed E-state index contributed by atoms with van der Waals surface area (Å²) in [4.78, 5) is 12.1. The molecule has 0 amide bonds. The van der Waals surface area contributed by atoms with Gasteiger partial charge in [0.1, 0.15) is 6.10 Å². The first-order chi connectivity index (χ1) is 14.6. The Bertz CT molecular complexity index is 770. The van der Waals surface area contributed by atoms with E-state index >= 15 is 0 Å². The van der Waals surface area contributed by atoms with E-state index in [-0.39, 0.29) is 23.4 Å². The van der Waals surface area contributed by atoms with Crippen molar-refractivity contribution >= 4 is 5.97 Å². The van der Waals surface area contributed by atoms with Crippen molar-refractivity contribution < 1.29 is 24.1 Å². The third-order valence-corrected chi connectivity index (χ3v) is 10.2. The van der Waals surface area contributed by atoms with E-state index in [0.29, 0.717) is 42.8 Å². The summed E-state index contributed by atoms with van der Waals surface area (Å²) >= 11 is 0. The predicted molar refractivity (Wildman–Crippen MR) is 117 cm³/mol. The van der Waals surface area contributed by atoms with E-state index in [1.54, 1.807) is 0 Å². The molecule has 1 saturated heterocycles. The molecule has 5 rings (SSSR count). The molecule has 0 radical (unpaired) electrons. The fourth-order valence-electron chi connectivity index (χ4n) is 8.41. The lowest BCUT2D eigenvalue weighted by Gasteiger charge is -2.53. The lowest BCUT2D eigenvalue weighted by atomic mass is 9.57. The second-order valence-electron chi connectivity index (χ2n) is 11.6. The first-order valence-electron chi connectivity index (χ1n) is 12.5. The molecule has 0 aromatic carbocycles. The summed E-state index contributed by atoms with van der Waals surface area (Å²) in [5.41, 5.74) is 0.303. The van der Waals surface area contributed by atoms with Crippen LogP contribution >= 0.6 is 0 Å². The Morgan fingerprint density at radius 1 is 1.13 bits per heavy atom.